The minimum atomic E-state index is -0.753. The van der Waals surface area contributed by atoms with Crippen molar-refractivity contribution >= 4 is 11.8 Å². The van der Waals surface area contributed by atoms with Gasteiger partial charge in [-0.1, -0.05) is 24.3 Å². The number of rotatable bonds is 4. The number of aryl methyl sites for hydroxylation is 2. The number of aromatic nitrogens is 1. The Morgan fingerprint density at radius 3 is 2.78 bits per heavy atom. The Bertz CT molecular complexity index is 963. The molecule has 0 bridgehead atoms. The lowest BCUT2D eigenvalue weighted by Crippen LogP contribution is -2.34. The van der Waals surface area contributed by atoms with E-state index in [1.165, 1.54) is 11.1 Å². The molecule has 2 amide bonds. The van der Waals surface area contributed by atoms with Gasteiger partial charge < -0.3 is 16.0 Å². The van der Waals surface area contributed by atoms with Crippen LogP contribution >= 0.6 is 0 Å². The Labute approximate surface area is 157 Å². The highest BCUT2D eigenvalue weighted by Gasteiger charge is 2.28. The summed E-state index contributed by atoms with van der Waals surface area (Å²) in [7, 11) is 0. The normalized spacial score (nSPS) is 20.6. The topological polar surface area (TPSA) is 105 Å². The van der Waals surface area contributed by atoms with Crippen LogP contribution in [0.2, 0.25) is 0 Å². The zero-order chi connectivity index (χ0) is 19.0. The molecular formula is C21H23N3O3. The first-order valence-electron chi connectivity index (χ1n) is 9.46. The lowest BCUT2D eigenvalue weighted by atomic mass is 9.89. The zero-order valence-electron chi connectivity index (χ0n) is 15.1. The van der Waals surface area contributed by atoms with E-state index in [1.807, 2.05) is 12.1 Å². The predicted molar refractivity (Wildman–Crippen MR) is 102 cm³/mol. The van der Waals surface area contributed by atoms with Crippen LogP contribution in [0, 0.1) is 0 Å². The summed E-state index contributed by atoms with van der Waals surface area (Å²) in [6.45, 7) is 0. The fourth-order valence-corrected chi connectivity index (χ4v) is 4.41. The van der Waals surface area contributed by atoms with E-state index in [0.29, 0.717) is 6.42 Å². The summed E-state index contributed by atoms with van der Waals surface area (Å²) in [5.41, 5.74) is 8.98. The van der Waals surface area contributed by atoms with Gasteiger partial charge in [0.15, 0.2) is 0 Å². The number of pyridine rings is 1. The molecule has 1 heterocycles. The molecule has 27 heavy (non-hydrogen) atoms. The molecule has 140 valence electrons. The highest BCUT2D eigenvalue weighted by atomic mass is 16.2. The van der Waals surface area contributed by atoms with Crippen LogP contribution in [-0.4, -0.2) is 16.8 Å². The van der Waals surface area contributed by atoms with Gasteiger partial charge in [-0.3, -0.25) is 14.4 Å². The number of amides is 2. The molecule has 2 aliphatic rings. The third-order valence-electron chi connectivity index (χ3n) is 5.74. The second-order valence-electron chi connectivity index (χ2n) is 7.46. The number of benzene rings is 1. The Morgan fingerprint density at radius 1 is 1.15 bits per heavy atom. The van der Waals surface area contributed by atoms with Crippen molar-refractivity contribution in [2.45, 2.75) is 50.5 Å². The molecule has 0 saturated heterocycles. The summed E-state index contributed by atoms with van der Waals surface area (Å²) in [5, 5.41) is 3.11. The molecule has 0 aliphatic heterocycles. The maximum atomic E-state index is 12.7. The van der Waals surface area contributed by atoms with E-state index in [1.54, 1.807) is 6.07 Å². The lowest BCUT2D eigenvalue weighted by molar-refractivity contribution is -0.122. The van der Waals surface area contributed by atoms with E-state index < -0.39 is 11.5 Å². The van der Waals surface area contributed by atoms with Crippen molar-refractivity contribution in [2.75, 3.05) is 0 Å². The van der Waals surface area contributed by atoms with E-state index in [0.717, 1.165) is 43.4 Å². The molecule has 1 aromatic heterocycles. The molecule has 0 saturated carbocycles. The van der Waals surface area contributed by atoms with Gasteiger partial charge in [0.1, 0.15) is 5.56 Å². The minimum Gasteiger partial charge on any atom is -0.365 e. The lowest BCUT2D eigenvalue weighted by Gasteiger charge is -2.27. The van der Waals surface area contributed by atoms with Crippen LogP contribution in [0.5, 0.6) is 0 Å². The first-order chi connectivity index (χ1) is 13.0. The van der Waals surface area contributed by atoms with Gasteiger partial charge >= 0.3 is 0 Å². The average molecular weight is 365 g/mol. The number of nitrogens with one attached hydrogen (secondary N) is 2. The summed E-state index contributed by atoms with van der Waals surface area (Å²) in [6.07, 6.45) is 4.85. The molecule has 4 N–H and O–H groups in total. The largest absolute Gasteiger partial charge is 0.365 e. The Kier molecular flexibility index (Phi) is 4.56. The third-order valence-corrected chi connectivity index (χ3v) is 5.74. The molecule has 2 atom stereocenters. The van der Waals surface area contributed by atoms with Crippen molar-refractivity contribution in [1.82, 2.24) is 10.3 Å². The van der Waals surface area contributed by atoms with Gasteiger partial charge in [-0.05, 0) is 60.8 Å². The van der Waals surface area contributed by atoms with Crippen LogP contribution in [0.15, 0.2) is 35.1 Å². The molecule has 2 unspecified atom stereocenters. The highest BCUT2D eigenvalue weighted by Crippen LogP contribution is 2.35. The third kappa shape index (κ3) is 3.39. The van der Waals surface area contributed by atoms with Crippen molar-refractivity contribution in [1.29, 1.82) is 0 Å². The number of H-pyrrole nitrogens is 1. The number of aromatic amines is 1. The average Bonchev–Trinajstić information content (AvgIpc) is 3.04. The molecule has 0 fully saturated rings. The van der Waals surface area contributed by atoms with Gasteiger partial charge in [-0.15, -0.1) is 0 Å². The molecule has 0 spiro atoms. The van der Waals surface area contributed by atoms with Crippen LogP contribution in [0.3, 0.4) is 0 Å². The van der Waals surface area contributed by atoms with E-state index >= 15 is 0 Å². The van der Waals surface area contributed by atoms with Gasteiger partial charge in [-0.25, -0.2) is 0 Å². The summed E-state index contributed by atoms with van der Waals surface area (Å²) < 4.78 is 0. The van der Waals surface area contributed by atoms with E-state index in [4.69, 9.17) is 5.73 Å². The fourth-order valence-electron chi connectivity index (χ4n) is 4.41. The van der Waals surface area contributed by atoms with Crippen molar-refractivity contribution in [2.24, 2.45) is 5.73 Å². The molecule has 0 radical (unpaired) electrons. The summed E-state index contributed by atoms with van der Waals surface area (Å²) in [4.78, 5) is 38.9. The monoisotopic (exact) mass is 365 g/mol. The number of hydrogen-bond donors (Lipinski definition) is 3. The first-order valence-corrected chi connectivity index (χ1v) is 9.46. The van der Waals surface area contributed by atoms with Crippen molar-refractivity contribution < 1.29 is 9.59 Å². The van der Waals surface area contributed by atoms with Crippen LogP contribution in [-0.2, 0) is 17.6 Å². The van der Waals surface area contributed by atoms with Gasteiger partial charge in [0.2, 0.25) is 5.91 Å². The van der Waals surface area contributed by atoms with Crippen molar-refractivity contribution in [3.05, 3.63) is 68.6 Å². The summed E-state index contributed by atoms with van der Waals surface area (Å²) in [6, 6.07) is 9.65. The van der Waals surface area contributed by atoms with E-state index in [9.17, 15) is 14.4 Å². The summed E-state index contributed by atoms with van der Waals surface area (Å²) >= 11 is 0. The molecule has 1 aromatic carbocycles. The molecule has 2 aliphatic carbocycles. The minimum absolute atomic E-state index is 0.00128. The quantitative estimate of drug-likeness (QED) is 0.772. The van der Waals surface area contributed by atoms with Crippen molar-refractivity contribution in [3.8, 4) is 0 Å². The second kappa shape index (κ2) is 7.02. The number of carbonyl (C=O) groups excluding carboxylic acids is 2. The SMILES string of the molecule is NC(=O)c1cc2c([nH]c1=O)CCCC2NC(=O)CC1CCc2ccccc21. The van der Waals surface area contributed by atoms with Gasteiger partial charge in [-0.2, -0.15) is 0 Å². The fraction of sp³-hybridized carbons (Fsp3) is 0.381. The second-order valence-corrected chi connectivity index (χ2v) is 7.46. The van der Waals surface area contributed by atoms with Gasteiger partial charge in [0, 0.05) is 12.1 Å². The van der Waals surface area contributed by atoms with Gasteiger partial charge in [0.25, 0.3) is 11.5 Å². The number of primary amides is 1. The van der Waals surface area contributed by atoms with E-state index in [-0.39, 0.29) is 23.4 Å². The maximum Gasteiger partial charge on any atom is 0.261 e. The number of fused-ring (bicyclic) bond motifs is 2. The Hall–Kier alpha value is -2.89. The Balaban J connectivity index is 1.51. The predicted octanol–water partition coefficient (Wildman–Crippen LogP) is 2.09. The number of hydrogen-bond acceptors (Lipinski definition) is 3. The highest BCUT2D eigenvalue weighted by molar-refractivity contribution is 5.92. The molecule has 6 nitrogen and oxygen atoms in total. The van der Waals surface area contributed by atoms with Crippen LogP contribution in [0.4, 0.5) is 0 Å². The number of nitrogens with two attached hydrogens (primary N) is 1. The number of carbonyl (C=O) groups is 2. The van der Waals surface area contributed by atoms with Gasteiger partial charge in [0.05, 0.1) is 6.04 Å². The van der Waals surface area contributed by atoms with Crippen molar-refractivity contribution in [3.63, 3.8) is 0 Å². The van der Waals surface area contributed by atoms with E-state index in [2.05, 4.69) is 22.4 Å². The van der Waals surface area contributed by atoms with Crippen LogP contribution in [0.25, 0.3) is 0 Å². The maximum absolute atomic E-state index is 12.7. The molecule has 4 rings (SSSR count). The standard InChI is InChI=1S/C21H23N3O3/c22-20(26)16-11-15-17(6-3-7-18(15)24-21(16)27)23-19(25)10-13-9-8-12-4-1-2-5-14(12)13/h1-2,4-5,11,13,17H,3,6-10H2,(H2,22,26)(H,23,25)(H,24,27). The van der Waals surface area contributed by atoms with Crippen LogP contribution < -0.4 is 16.6 Å². The molecule has 6 heteroatoms. The smallest absolute Gasteiger partial charge is 0.261 e. The summed E-state index contributed by atoms with van der Waals surface area (Å²) in [5.74, 6) is -0.500. The zero-order valence-corrected chi connectivity index (χ0v) is 15.1. The molecule has 2 aromatic rings. The van der Waals surface area contributed by atoms with Crippen LogP contribution in [0.1, 0.15) is 70.4 Å². The first kappa shape index (κ1) is 17.5. The Morgan fingerprint density at radius 2 is 1.96 bits per heavy atom. The molecular weight excluding hydrogens is 342 g/mol.